The number of aromatic amines is 1. The van der Waals surface area contributed by atoms with Crippen LogP contribution in [0.15, 0.2) is 47.4 Å². The first-order valence-corrected chi connectivity index (χ1v) is 10.6. The Hall–Kier alpha value is -3.00. The van der Waals surface area contributed by atoms with E-state index in [9.17, 15) is 13.2 Å². The number of aromatic nitrogens is 2. The van der Waals surface area contributed by atoms with Gasteiger partial charge in [-0.2, -0.15) is 10.4 Å². The molecule has 3 aromatic rings. The zero-order valence-electron chi connectivity index (χ0n) is 14.9. The molecule has 0 saturated heterocycles. The van der Waals surface area contributed by atoms with Gasteiger partial charge in [0.25, 0.3) is 5.91 Å². The Morgan fingerprint density at radius 3 is 2.64 bits per heavy atom. The SMILES string of the molecule is Cc1ccc(-c2cc(NC(=O)c3ccc(S(=O)(=O)NCCC#N)cc3)n[nH]2)s1. The van der Waals surface area contributed by atoms with Crippen molar-refractivity contribution in [3.8, 4) is 16.6 Å². The molecule has 3 rings (SSSR count). The highest BCUT2D eigenvalue weighted by molar-refractivity contribution is 7.89. The van der Waals surface area contributed by atoms with Crippen LogP contribution < -0.4 is 10.0 Å². The van der Waals surface area contributed by atoms with Gasteiger partial charge in [0, 0.05) is 29.5 Å². The van der Waals surface area contributed by atoms with Crippen LogP contribution in [0.3, 0.4) is 0 Å². The van der Waals surface area contributed by atoms with Crippen LogP contribution >= 0.6 is 11.3 Å². The van der Waals surface area contributed by atoms with Gasteiger partial charge in [-0.1, -0.05) is 0 Å². The van der Waals surface area contributed by atoms with Gasteiger partial charge in [-0.3, -0.25) is 9.89 Å². The summed E-state index contributed by atoms with van der Waals surface area (Å²) in [4.78, 5) is 14.6. The summed E-state index contributed by atoms with van der Waals surface area (Å²) in [6.07, 6.45) is 0.0798. The Kier molecular flexibility index (Phi) is 5.89. The second-order valence-corrected chi connectivity index (χ2v) is 8.92. The van der Waals surface area contributed by atoms with E-state index in [4.69, 9.17) is 5.26 Å². The molecule has 1 amide bonds. The molecule has 0 bridgehead atoms. The van der Waals surface area contributed by atoms with Crippen LogP contribution in [0.2, 0.25) is 0 Å². The average molecular weight is 416 g/mol. The normalized spacial score (nSPS) is 11.1. The second kappa shape index (κ2) is 8.35. The van der Waals surface area contributed by atoms with Crippen LogP contribution in [0, 0.1) is 18.3 Å². The maximum atomic E-state index is 12.4. The van der Waals surface area contributed by atoms with Gasteiger partial charge in [0.1, 0.15) is 0 Å². The Balaban J connectivity index is 1.67. The van der Waals surface area contributed by atoms with Crippen LogP contribution in [0.25, 0.3) is 10.6 Å². The third-order valence-corrected chi connectivity index (χ3v) is 6.29. The summed E-state index contributed by atoms with van der Waals surface area (Å²) in [7, 11) is -3.71. The largest absolute Gasteiger partial charge is 0.305 e. The molecule has 0 aliphatic carbocycles. The van der Waals surface area contributed by atoms with Crippen LogP contribution in [-0.2, 0) is 10.0 Å². The first-order chi connectivity index (χ1) is 13.4. The number of H-pyrrole nitrogens is 1. The summed E-state index contributed by atoms with van der Waals surface area (Å²) < 4.78 is 26.5. The van der Waals surface area contributed by atoms with Gasteiger partial charge in [-0.15, -0.1) is 11.3 Å². The van der Waals surface area contributed by atoms with Gasteiger partial charge in [0.15, 0.2) is 5.82 Å². The van der Waals surface area contributed by atoms with Crippen molar-refractivity contribution in [2.45, 2.75) is 18.2 Å². The number of nitrogens with zero attached hydrogens (tertiary/aromatic N) is 2. The number of rotatable bonds is 7. The van der Waals surface area contributed by atoms with Crippen LogP contribution in [0.5, 0.6) is 0 Å². The Morgan fingerprint density at radius 2 is 2.00 bits per heavy atom. The Bertz CT molecular complexity index is 1120. The number of aryl methyl sites for hydroxylation is 1. The van der Waals surface area contributed by atoms with E-state index in [2.05, 4.69) is 20.2 Å². The minimum absolute atomic E-state index is 0.0251. The van der Waals surface area contributed by atoms with Gasteiger partial charge in [-0.25, -0.2) is 13.1 Å². The Labute approximate surface area is 166 Å². The topological polar surface area (TPSA) is 128 Å². The van der Waals surface area contributed by atoms with Gasteiger partial charge in [0.2, 0.25) is 10.0 Å². The highest BCUT2D eigenvalue weighted by atomic mass is 32.2. The van der Waals surface area contributed by atoms with Crippen molar-refractivity contribution in [2.24, 2.45) is 0 Å². The first-order valence-electron chi connectivity index (χ1n) is 8.29. The molecule has 0 atom stereocenters. The molecule has 8 nitrogen and oxygen atoms in total. The smallest absolute Gasteiger partial charge is 0.256 e. The number of amides is 1. The molecule has 1 aromatic carbocycles. The number of nitrogens with one attached hydrogen (secondary N) is 3. The van der Waals surface area contributed by atoms with Crippen molar-refractivity contribution >= 4 is 33.1 Å². The maximum absolute atomic E-state index is 12.4. The first kappa shape index (κ1) is 19.8. The fourth-order valence-corrected chi connectivity index (χ4v) is 4.26. The van der Waals surface area contributed by atoms with Crippen molar-refractivity contribution in [1.29, 1.82) is 5.26 Å². The van der Waals surface area contributed by atoms with Crippen LogP contribution in [-0.4, -0.2) is 31.1 Å². The molecule has 28 heavy (non-hydrogen) atoms. The van der Waals surface area contributed by atoms with Crippen molar-refractivity contribution in [3.05, 3.63) is 52.9 Å². The summed E-state index contributed by atoms with van der Waals surface area (Å²) >= 11 is 1.62. The van der Waals surface area contributed by atoms with E-state index in [0.29, 0.717) is 11.4 Å². The highest BCUT2D eigenvalue weighted by Gasteiger charge is 2.15. The maximum Gasteiger partial charge on any atom is 0.256 e. The predicted molar refractivity (Wildman–Crippen MR) is 106 cm³/mol. The number of carbonyl (C=O) groups excluding carboxylic acids is 1. The number of anilines is 1. The van der Waals surface area contributed by atoms with E-state index in [1.165, 1.54) is 29.1 Å². The molecule has 0 aliphatic heterocycles. The van der Waals surface area contributed by atoms with Crippen molar-refractivity contribution in [3.63, 3.8) is 0 Å². The number of hydrogen-bond acceptors (Lipinski definition) is 6. The zero-order chi connectivity index (χ0) is 20.1. The minimum atomic E-state index is -3.71. The molecule has 2 heterocycles. The highest BCUT2D eigenvalue weighted by Crippen LogP contribution is 2.27. The van der Waals surface area contributed by atoms with E-state index in [1.54, 1.807) is 17.4 Å². The monoisotopic (exact) mass is 415 g/mol. The van der Waals surface area contributed by atoms with E-state index < -0.39 is 15.9 Å². The van der Waals surface area contributed by atoms with Crippen LogP contribution in [0.4, 0.5) is 5.82 Å². The summed E-state index contributed by atoms with van der Waals surface area (Å²) in [5, 5.41) is 18.1. The van der Waals surface area contributed by atoms with Gasteiger partial charge in [0.05, 0.1) is 21.5 Å². The number of nitriles is 1. The van der Waals surface area contributed by atoms with Gasteiger partial charge < -0.3 is 5.32 Å². The lowest BCUT2D eigenvalue weighted by Crippen LogP contribution is -2.24. The molecule has 10 heteroatoms. The number of sulfonamides is 1. The molecule has 144 valence electrons. The summed E-state index contributed by atoms with van der Waals surface area (Å²) in [6, 6.07) is 13.1. The molecule has 0 spiro atoms. The molecule has 0 saturated carbocycles. The lowest BCUT2D eigenvalue weighted by Gasteiger charge is -2.06. The molecular formula is C18H17N5O3S2. The number of carbonyl (C=O) groups is 1. The van der Waals surface area contributed by atoms with Crippen molar-refractivity contribution in [2.75, 3.05) is 11.9 Å². The summed E-state index contributed by atoms with van der Waals surface area (Å²) in [5.41, 5.74) is 1.10. The third-order valence-electron chi connectivity index (χ3n) is 3.78. The van der Waals surface area contributed by atoms with E-state index in [0.717, 1.165) is 10.6 Å². The zero-order valence-corrected chi connectivity index (χ0v) is 16.5. The molecule has 0 fully saturated rings. The Morgan fingerprint density at radius 1 is 1.25 bits per heavy atom. The van der Waals surface area contributed by atoms with E-state index in [1.807, 2.05) is 25.1 Å². The molecule has 0 radical (unpaired) electrons. The number of thiophene rings is 1. The van der Waals surface area contributed by atoms with Gasteiger partial charge >= 0.3 is 0 Å². The standard InChI is InChI=1S/C18H17N5O3S2/c1-12-3-8-16(27-12)15-11-17(23-22-15)21-18(24)13-4-6-14(7-5-13)28(25,26)20-10-2-9-19/h3-8,11,20H,2,10H2,1H3,(H2,21,22,23,24). The lowest BCUT2D eigenvalue weighted by molar-refractivity contribution is 0.102. The summed E-state index contributed by atoms with van der Waals surface area (Å²) in [5.74, 6) is -0.0253. The molecule has 0 unspecified atom stereocenters. The number of benzene rings is 1. The van der Waals surface area contributed by atoms with Crippen molar-refractivity contribution in [1.82, 2.24) is 14.9 Å². The number of hydrogen-bond donors (Lipinski definition) is 3. The summed E-state index contributed by atoms with van der Waals surface area (Å²) in [6.45, 7) is 2.04. The molecule has 3 N–H and O–H groups in total. The molecule has 2 aromatic heterocycles. The molecular weight excluding hydrogens is 398 g/mol. The van der Waals surface area contributed by atoms with Gasteiger partial charge in [-0.05, 0) is 43.3 Å². The predicted octanol–water partition coefficient (Wildman–Crippen LogP) is 2.89. The fraction of sp³-hybridized carbons (Fsp3) is 0.167. The lowest BCUT2D eigenvalue weighted by atomic mass is 10.2. The molecule has 0 aliphatic rings. The second-order valence-electron chi connectivity index (χ2n) is 5.86. The quantitative estimate of drug-likeness (QED) is 0.511. The van der Waals surface area contributed by atoms with Crippen LogP contribution in [0.1, 0.15) is 21.7 Å². The average Bonchev–Trinajstić information content (AvgIpc) is 3.31. The van der Waals surface area contributed by atoms with E-state index >= 15 is 0 Å². The third kappa shape index (κ3) is 4.64. The van der Waals surface area contributed by atoms with Crippen molar-refractivity contribution < 1.29 is 13.2 Å². The van der Waals surface area contributed by atoms with E-state index in [-0.39, 0.29) is 17.9 Å². The minimum Gasteiger partial charge on any atom is -0.305 e. The fourth-order valence-electron chi connectivity index (χ4n) is 2.39.